The fourth-order valence-electron chi connectivity index (χ4n) is 1.60. The van der Waals surface area contributed by atoms with Gasteiger partial charge in [-0.1, -0.05) is 6.07 Å². The van der Waals surface area contributed by atoms with Gasteiger partial charge in [-0.25, -0.2) is 8.78 Å². The average molecular weight is 240 g/mol. The number of nitrogens with zero attached hydrogens (tertiary/aromatic N) is 2. The number of alkyl halides is 2. The van der Waals surface area contributed by atoms with Gasteiger partial charge in [0.05, 0.1) is 24.4 Å². The lowest BCUT2D eigenvalue weighted by Gasteiger charge is -2.24. The highest BCUT2D eigenvalue weighted by atomic mass is 19.3. The summed E-state index contributed by atoms with van der Waals surface area (Å²) in [5, 5.41) is 17.8. The van der Waals surface area contributed by atoms with E-state index in [-0.39, 0.29) is 13.2 Å². The maximum absolute atomic E-state index is 12.4. The lowest BCUT2D eigenvalue weighted by molar-refractivity contribution is 0.153. The van der Waals surface area contributed by atoms with E-state index in [1.54, 1.807) is 18.2 Å². The fraction of sp³-hybridized carbons (Fsp3) is 0.417. The zero-order valence-electron chi connectivity index (χ0n) is 9.53. The van der Waals surface area contributed by atoms with Crippen LogP contribution in [0.3, 0.4) is 0 Å². The van der Waals surface area contributed by atoms with Crippen molar-refractivity contribution in [2.75, 3.05) is 24.6 Å². The molecule has 0 aliphatic rings. The molecule has 0 fully saturated rings. The topological polar surface area (TPSA) is 47.3 Å². The number of hydrogen-bond donors (Lipinski definition) is 1. The van der Waals surface area contributed by atoms with E-state index in [9.17, 15) is 8.78 Å². The normalized spacial score (nSPS) is 10.4. The van der Waals surface area contributed by atoms with Crippen LogP contribution < -0.4 is 4.90 Å². The number of aliphatic hydroxyl groups excluding tert-OH is 1. The van der Waals surface area contributed by atoms with Crippen LogP contribution in [0.2, 0.25) is 0 Å². The average Bonchev–Trinajstić information content (AvgIpc) is 2.28. The van der Waals surface area contributed by atoms with Crippen LogP contribution in [0, 0.1) is 18.3 Å². The molecule has 1 rings (SSSR count). The highest BCUT2D eigenvalue weighted by Crippen LogP contribution is 2.22. The second-order valence-electron chi connectivity index (χ2n) is 3.69. The van der Waals surface area contributed by atoms with E-state index in [4.69, 9.17) is 10.4 Å². The first kappa shape index (κ1) is 13.4. The quantitative estimate of drug-likeness (QED) is 0.855. The Hall–Kier alpha value is -1.67. The number of aryl methyl sites for hydroxylation is 1. The monoisotopic (exact) mass is 240 g/mol. The van der Waals surface area contributed by atoms with Gasteiger partial charge in [0.2, 0.25) is 0 Å². The van der Waals surface area contributed by atoms with Crippen molar-refractivity contribution in [2.24, 2.45) is 0 Å². The zero-order chi connectivity index (χ0) is 12.8. The minimum Gasteiger partial charge on any atom is -0.395 e. The molecular weight excluding hydrogens is 226 g/mol. The summed E-state index contributed by atoms with van der Waals surface area (Å²) in [6.45, 7) is 1.19. The minimum atomic E-state index is -2.51. The van der Waals surface area contributed by atoms with Gasteiger partial charge in [-0.15, -0.1) is 0 Å². The molecule has 3 nitrogen and oxygen atoms in total. The SMILES string of the molecule is Cc1ccc(C#N)c(N(CCO)CC(F)F)c1. The van der Waals surface area contributed by atoms with Crippen LogP contribution >= 0.6 is 0 Å². The number of nitriles is 1. The maximum atomic E-state index is 12.4. The number of rotatable bonds is 5. The maximum Gasteiger partial charge on any atom is 0.255 e. The summed E-state index contributed by atoms with van der Waals surface area (Å²) in [6.07, 6.45) is -2.51. The molecule has 1 aromatic carbocycles. The Morgan fingerprint density at radius 3 is 2.71 bits per heavy atom. The van der Waals surface area contributed by atoms with Crippen LogP contribution in [0.1, 0.15) is 11.1 Å². The third-order valence-electron chi connectivity index (χ3n) is 2.34. The van der Waals surface area contributed by atoms with Crippen LogP contribution in [0.5, 0.6) is 0 Å². The van der Waals surface area contributed by atoms with Crippen LogP contribution in [-0.4, -0.2) is 31.2 Å². The van der Waals surface area contributed by atoms with Gasteiger partial charge in [-0.05, 0) is 24.6 Å². The second-order valence-corrected chi connectivity index (χ2v) is 3.69. The molecule has 17 heavy (non-hydrogen) atoms. The van der Waals surface area contributed by atoms with Crippen LogP contribution in [0.15, 0.2) is 18.2 Å². The predicted molar refractivity (Wildman–Crippen MR) is 61.2 cm³/mol. The molecule has 1 aromatic rings. The lowest BCUT2D eigenvalue weighted by atomic mass is 10.1. The largest absolute Gasteiger partial charge is 0.395 e. The van der Waals surface area contributed by atoms with Gasteiger partial charge in [0, 0.05) is 6.54 Å². The second kappa shape index (κ2) is 6.16. The predicted octanol–water partition coefficient (Wildman–Crippen LogP) is 1.93. The van der Waals surface area contributed by atoms with Gasteiger partial charge >= 0.3 is 0 Å². The van der Waals surface area contributed by atoms with Crippen molar-refractivity contribution in [2.45, 2.75) is 13.3 Å². The zero-order valence-corrected chi connectivity index (χ0v) is 9.53. The molecule has 0 heterocycles. The smallest absolute Gasteiger partial charge is 0.255 e. The van der Waals surface area contributed by atoms with Gasteiger partial charge in [-0.3, -0.25) is 0 Å². The molecule has 0 aliphatic heterocycles. The van der Waals surface area contributed by atoms with Crippen molar-refractivity contribution >= 4 is 5.69 Å². The number of halogens is 2. The van der Waals surface area contributed by atoms with E-state index in [1.807, 2.05) is 13.0 Å². The fourth-order valence-corrected chi connectivity index (χ4v) is 1.60. The number of hydrogen-bond acceptors (Lipinski definition) is 3. The van der Waals surface area contributed by atoms with Crippen LogP contribution in [0.4, 0.5) is 14.5 Å². The molecular formula is C12H14F2N2O. The van der Waals surface area contributed by atoms with Gasteiger partial charge in [0.25, 0.3) is 6.43 Å². The van der Waals surface area contributed by atoms with E-state index in [0.29, 0.717) is 11.3 Å². The summed E-state index contributed by atoms with van der Waals surface area (Å²) in [4.78, 5) is 1.33. The van der Waals surface area contributed by atoms with Crippen molar-refractivity contribution in [3.8, 4) is 6.07 Å². The number of aliphatic hydroxyl groups is 1. The summed E-state index contributed by atoms with van der Waals surface area (Å²) in [5.74, 6) is 0. The lowest BCUT2D eigenvalue weighted by Crippen LogP contribution is -2.32. The molecule has 0 atom stereocenters. The molecule has 0 bridgehead atoms. The van der Waals surface area contributed by atoms with Gasteiger partial charge in [0.15, 0.2) is 0 Å². The highest BCUT2D eigenvalue weighted by Gasteiger charge is 2.15. The summed E-state index contributed by atoms with van der Waals surface area (Å²) in [5.41, 5.74) is 1.67. The molecule has 0 saturated carbocycles. The van der Waals surface area contributed by atoms with Crippen LogP contribution in [-0.2, 0) is 0 Å². The summed E-state index contributed by atoms with van der Waals surface area (Å²) < 4.78 is 24.8. The van der Waals surface area contributed by atoms with Crippen molar-refractivity contribution in [1.29, 1.82) is 5.26 Å². The first-order chi connectivity index (χ1) is 8.08. The van der Waals surface area contributed by atoms with Gasteiger partial charge < -0.3 is 10.0 Å². The molecule has 0 unspecified atom stereocenters. The molecule has 5 heteroatoms. The standard InChI is InChI=1S/C12H14F2N2O/c1-9-2-3-10(7-15)11(6-9)16(4-5-17)8-12(13)14/h2-3,6,12,17H,4-5,8H2,1H3. The minimum absolute atomic E-state index is 0.0858. The van der Waals surface area contributed by atoms with Crippen molar-refractivity contribution in [1.82, 2.24) is 0 Å². The Morgan fingerprint density at radius 1 is 1.47 bits per heavy atom. The molecule has 1 N–H and O–H groups in total. The highest BCUT2D eigenvalue weighted by molar-refractivity contribution is 5.60. The molecule has 92 valence electrons. The molecule has 0 amide bonds. The van der Waals surface area contributed by atoms with E-state index < -0.39 is 13.0 Å². The van der Waals surface area contributed by atoms with E-state index in [1.165, 1.54) is 4.90 Å². The third kappa shape index (κ3) is 3.68. The van der Waals surface area contributed by atoms with Crippen molar-refractivity contribution in [3.05, 3.63) is 29.3 Å². The first-order valence-corrected chi connectivity index (χ1v) is 5.23. The van der Waals surface area contributed by atoms with E-state index in [0.717, 1.165) is 5.56 Å². The van der Waals surface area contributed by atoms with Gasteiger partial charge in [0.1, 0.15) is 6.07 Å². The molecule has 0 radical (unpaired) electrons. The molecule has 0 spiro atoms. The third-order valence-corrected chi connectivity index (χ3v) is 2.34. The Bertz CT molecular complexity index is 415. The Labute approximate surface area is 98.9 Å². The summed E-state index contributed by atoms with van der Waals surface area (Å²) >= 11 is 0. The van der Waals surface area contributed by atoms with Crippen molar-refractivity contribution in [3.63, 3.8) is 0 Å². The van der Waals surface area contributed by atoms with Gasteiger partial charge in [-0.2, -0.15) is 5.26 Å². The first-order valence-electron chi connectivity index (χ1n) is 5.23. The Kier molecular flexibility index (Phi) is 4.85. The molecule has 0 aliphatic carbocycles. The molecule has 0 aromatic heterocycles. The number of anilines is 1. The molecule has 0 saturated heterocycles. The van der Waals surface area contributed by atoms with Crippen molar-refractivity contribution < 1.29 is 13.9 Å². The summed E-state index contributed by atoms with van der Waals surface area (Å²) in [7, 11) is 0. The number of benzene rings is 1. The van der Waals surface area contributed by atoms with Crippen LogP contribution in [0.25, 0.3) is 0 Å². The Balaban J connectivity index is 3.07. The van der Waals surface area contributed by atoms with E-state index in [2.05, 4.69) is 0 Å². The van der Waals surface area contributed by atoms with E-state index >= 15 is 0 Å². The summed E-state index contributed by atoms with van der Waals surface area (Å²) in [6, 6.07) is 6.99. The Morgan fingerprint density at radius 2 is 2.18 bits per heavy atom.